The molecular formula is C9H13F2N3O2S. The zero-order chi connectivity index (χ0) is 12.8. The Balaban J connectivity index is 2.62. The first-order valence-electron chi connectivity index (χ1n) is 5.15. The maximum Gasteiger partial charge on any atom is 0.326 e. The highest BCUT2D eigenvalue weighted by Crippen LogP contribution is 2.25. The SMILES string of the molecule is CCCC[C@H](Nc1nnc(C(F)F)s1)C(=O)O. The van der Waals surface area contributed by atoms with Gasteiger partial charge < -0.3 is 10.4 Å². The number of anilines is 1. The minimum absolute atomic E-state index is 0.115. The molecule has 0 radical (unpaired) electrons. The second kappa shape index (κ2) is 6.43. The molecule has 1 rings (SSSR count). The standard InChI is InChI=1S/C9H13F2N3O2S/c1-2-3-4-5(8(15)16)12-9-14-13-7(17-9)6(10)11/h5-6H,2-4H2,1H3,(H,12,14)(H,15,16)/t5-/m0/s1. The second-order valence-corrected chi connectivity index (χ2v) is 4.43. The van der Waals surface area contributed by atoms with Gasteiger partial charge >= 0.3 is 5.97 Å². The van der Waals surface area contributed by atoms with Crippen LogP contribution in [0.15, 0.2) is 0 Å². The van der Waals surface area contributed by atoms with Crippen molar-refractivity contribution < 1.29 is 18.7 Å². The van der Waals surface area contributed by atoms with Gasteiger partial charge in [-0.25, -0.2) is 13.6 Å². The lowest BCUT2D eigenvalue weighted by molar-refractivity contribution is -0.138. The zero-order valence-electron chi connectivity index (χ0n) is 9.19. The maximum atomic E-state index is 12.2. The van der Waals surface area contributed by atoms with Crippen LogP contribution in [0.1, 0.15) is 37.6 Å². The quantitative estimate of drug-likeness (QED) is 0.792. The van der Waals surface area contributed by atoms with Crippen LogP contribution in [0.3, 0.4) is 0 Å². The van der Waals surface area contributed by atoms with E-state index in [1.54, 1.807) is 0 Å². The number of carboxylic acids is 1. The number of alkyl halides is 2. The van der Waals surface area contributed by atoms with Crippen molar-refractivity contribution in [3.63, 3.8) is 0 Å². The molecule has 0 fully saturated rings. The summed E-state index contributed by atoms with van der Waals surface area (Å²) in [4.78, 5) is 10.9. The van der Waals surface area contributed by atoms with E-state index < -0.39 is 23.4 Å². The molecule has 2 N–H and O–H groups in total. The molecule has 0 saturated carbocycles. The Hall–Kier alpha value is -1.31. The molecule has 0 spiro atoms. The van der Waals surface area contributed by atoms with Crippen LogP contribution in [0, 0.1) is 0 Å². The van der Waals surface area contributed by atoms with Gasteiger partial charge in [-0.2, -0.15) is 0 Å². The largest absolute Gasteiger partial charge is 0.480 e. The highest BCUT2D eigenvalue weighted by molar-refractivity contribution is 7.15. The average molecular weight is 265 g/mol. The number of nitrogens with one attached hydrogen (secondary N) is 1. The molecule has 8 heteroatoms. The van der Waals surface area contributed by atoms with E-state index in [1.807, 2.05) is 6.92 Å². The topological polar surface area (TPSA) is 75.1 Å². The summed E-state index contributed by atoms with van der Waals surface area (Å²) in [5.41, 5.74) is 0. The second-order valence-electron chi connectivity index (χ2n) is 3.42. The van der Waals surface area contributed by atoms with E-state index in [-0.39, 0.29) is 5.13 Å². The lowest BCUT2D eigenvalue weighted by atomic mass is 10.1. The molecule has 0 unspecified atom stereocenters. The number of hydrogen-bond acceptors (Lipinski definition) is 5. The van der Waals surface area contributed by atoms with Crippen LogP contribution < -0.4 is 5.32 Å². The van der Waals surface area contributed by atoms with Gasteiger partial charge in [0.15, 0.2) is 5.01 Å². The molecule has 0 aliphatic rings. The van der Waals surface area contributed by atoms with E-state index in [9.17, 15) is 13.6 Å². The van der Waals surface area contributed by atoms with E-state index in [0.29, 0.717) is 17.8 Å². The Morgan fingerprint density at radius 3 is 2.71 bits per heavy atom. The van der Waals surface area contributed by atoms with Crippen LogP contribution in [0.5, 0.6) is 0 Å². The van der Waals surface area contributed by atoms with Gasteiger partial charge in [-0.15, -0.1) is 10.2 Å². The normalized spacial score (nSPS) is 12.7. The van der Waals surface area contributed by atoms with Gasteiger partial charge in [0, 0.05) is 0 Å². The summed E-state index contributed by atoms with van der Waals surface area (Å²) in [7, 11) is 0. The molecule has 0 aliphatic carbocycles. The molecule has 96 valence electrons. The van der Waals surface area contributed by atoms with Gasteiger partial charge in [-0.3, -0.25) is 0 Å². The first-order valence-corrected chi connectivity index (χ1v) is 5.97. The number of hydrogen-bond donors (Lipinski definition) is 2. The Kier molecular flexibility index (Phi) is 5.20. The smallest absolute Gasteiger partial charge is 0.326 e. The maximum absolute atomic E-state index is 12.2. The van der Waals surface area contributed by atoms with Crippen molar-refractivity contribution in [1.82, 2.24) is 10.2 Å². The first kappa shape index (κ1) is 13.8. The van der Waals surface area contributed by atoms with Crippen molar-refractivity contribution in [3.8, 4) is 0 Å². The van der Waals surface area contributed by atoms with Gasteiger partial charge in [0.25, 0.3) is 6.43 Å². The zero-order valence-corrected chi connectivity index (χ0v) is 10.0. The molecule has 0 aromatic carbocycles. The first-order chi connectivity index (χ1) is 8.04. The number of rotatable bonds is 7. The van der Waals surface area contributed by atoms with Crippen molar-refractivity contribution in [2.45, 2.75) is 38.7 Å². The molecule has 1 heterocycles. The van der Waals surface area contributed by atoms with E-state index in [1.165, 1.54) is 0 Å². The predicted molar refractivity (Wildman–Crippen MR) is 59.4 cm³/mol. The van der Waals surface area contributed by atoms with Crippen LogP contribution in [-0.2, 0) is 4.79 Å². The average Bonchev–Trinajstić information content (AvgIpc) is 2.72. The summed E-state index contributed by atoms with van der Waals surface area (Å²) in [6, 6.07) is -0.812. The van der Waals surface area contributed by atoms with Crippen LogP contribution in [0.4, 0.5) is 13.9 Å². The van der Waals surface area contributed by atoms with Crippen molar-refractivity contribution in [2.75, 3.05) is 5.32 Å². The van der Waals surface area contributed by atoms with Gasteiger partial charge in [0.1, 0.15) is 6.04 Å². The van der Waals surface area contributed by atoms with Crippen LogP contribution in [-0.4, -0.2) is 27.3 Å². The minimum atomic E-state index is -2.68. The highest BCUT2D eigenvalue weighted by atomic mass is 32.1. The lowest BCUT2D eigenvalue weighted by Crippen LogP contribution is -2.29. The molecule has 1 aromatic heterocycles. The van der Waals surface area contributed by atoms with Crippen LogP contribution >= 0.6 is 11.3 Å². The number of aromatic nitrogens is 2. The number of carboxylic acid groups (broad SMARTS) is 1. The van der Waals surface area contributed by atoms with Gasteiger partial charge in [0.2, 0.25) is 5.13 Å². The third-order valence-corrected chi connectivity index (χ3v) is 2.93. The number of nitrogens with zero attached hydrogens (tertiary/aromatic N) is 2. The molecule has 1 atom stereocenters. The number of aliphatic carboxylic acids is 1. The van der Waals surface area contributed by atoms with Crippen molar-refractivity contribution in [1.29, 1.82) is 0 Å². The van der Waals surface area contributed by atoms with Crippen LogP contribution in [0.2, 0.25) is 0 Å². The molecule has 0 amide bonds. The Morgan fingerprint density at radius 1 is 1.53 bits per heavy atom. The van der Waals surface area contributed by atoms with E-state index >= 15 is 0 Å². The minimum Gasteiger partial charge on any atom is -0.480 e. The van der Waals surface area contributed by atoms with Crippen molar-refractivity contribution in [2.24, 2.45) is 0 Å². The van der Waals surface area contributed by atoms with Crippen molar-refractivity contribution >= 4 is 22.4 Å². The third-order valence-electron chi connectivity index (χ3n) is 2.07. The summed E-state index contributed by atoms with van der Waals surface area (Å²) in [5.74, 6) is -1.02. The van der Waals surface area contributed by atoms with Gasteiger partial charge in [-0.05, 0) is 6.42 Å². The summed E-state index contributed by atoms with van der Waals surface area (Å²) >= 11 is 0.674. The summed E-state index contributed by atoms with van der Waals surface area (Å²) < 4.78 is 24.5. The fourth-order valence-corrected chi connectivity index (χ4v) is 1.85. The Bertz CT molecular complexity index is 373. The fourth-order valence-electron chi connectivity index (χ4n) is 1.20. The summed E-state index contributed by atoms with van der Waals surface area (Å²) in [5, 5.41) is 18.0. The molecule has 0 bridgehead atoms. The van der Waals surface area contributed by atoms with E-state index in [4.69, 9.17) is 5.11 Å². The van der Waals surface area contributed by atoms with Crippen LogP contribution in [0.25, 0.3) is 0 Å². The Labute approximate surface area is 101 Å². The third kappa shape index (κ3) is 4.22. The molecule has 17 heavy (non-hydrogen) atoms. The van der Waals surface area contributed by atoms with Crippen molar-refractivity contribution in [3.05, 3.63) is 5.01 Å². The summed E-state index contributed by atoms with van der Waals surface area (Å²) in [6.45, 7) is 1.94. The van der Waals surface area contributed by atoms with Gasteiger partial charge in [-0.1, -0.05) is 31.1 Å². The summed E-state index contributed by atoms with van der Waals surface area (Å²) in [6.07, 6.45) is -0.647. The van der Waals surface area contributed by atoms with Gasteiger partial charge in [0.05, 0.1) is 0 Å². The van der Waals surface area contributed by atoms with E-state index in [0.717, 1.165) is 12.8 Å². The molecule has 0 aliphatic heterocycles. The predicted octanol–water partition coefficient (Wildman–Crippen LogP) is 2.53. The number of halogens is 2. The fraction of sp³-hybridized carbons (Fsp3) is 0.667. The molecule has 5 nitrogen and oxygen atoms in total. The lowest BCUT2D eigenvalue weighted by Gasteiger charge is -2.11. The van der Waals surface area contributed by atoms with E-state index in [2.05, 4.69) is 15.5 Å². The molecule has 1 aromatic rings. The monoisotopic (exact) mass is 265 g/mol. The number of unbranched alkanes of at least 4 members (excludes halogenated alkanes) is 1. The Morgan fingerprint density at radius 2 is 2.24 bits per heavy atom. The highest BCUT2D eigenvalue weighted by Gasteiger charge is 2.20. The molecular weight excluding hydrogens is 252 g/mol. The number of carbonyl (C=O) groups is 1. The molecule has 0 saturated heterocycles.